The fourth-order valence-corrected chi connectivity index (χ4v) is 3.63. The second-order valence-corrected chi connectivity index (χ2v) is 7.32. The van der Waals surface area contributed by atoms with E-state index in [0.29, 0.717) is 25.4 Å². The first-order chi connectivity index (χ1) is 12.6. The summed E-state index contributed by atoms with van der Waals surface area (Å²) in [5.41, 5.74) is 1.63. The highest BCUT2D eigenvalue weighted by Gasteiger charge is 2.09. The van der Waals surface area contributed by atoms with Crippen molar-refractivity contribution in [2.45, 2.75) is 0 Å². The zero-order valence-corrected chi connectivity index (χ0v) is 15.6. The third-order valence-electron chi connectivity index (χ3n) is 3.66. The molecule has 0 aliphatic rings. The molecule has 0 unspecified atom stereocenters. The lowest BCUT2D eigenvalue weighted by Crippen LogP contribution is -2.23. The molecule has 0 amide bonds. The predicted octanol–water partition coefficient (Wildman–Crippen LogP) is 4.18. The topological polar surface area (TPSA) is 47.3 Å². The Hall–Kier alpha value is -2.47. The number of benzene rings is 2. The minimum Gasteiger partial charge on any atom is -0.266 e. The molecule has 0 aliphatic carbocycles. The predicted molar refractivity (Wildman–Crippen MR) is 108 cm³/mol. The molecular weight excluding hydrogens is 389 g/mol. The minimum absolute atomic E-state index is 0.206. The summed E-state index contributed by atoms with van der Waals surface area (Å²) in [6.45, 7) is 0. The summed E-state index contributed by atoms with van der Waals surface area (Å²) in [6.07, 6.45) is 5.45. The monoisotopic (exact) mass is 399 g/mol. The Morgan fingerprint density at radius 1 is 0.962 bits per heavy atom. The second kappa shape index (κ2) is 7.03. The van der Waals surface area contributed by atoms with Crippen LogP contribution in [0.1, 0.15) is 17.0 Å². The Kier molecular flexibility index (Phi) is 4.59. The van der Waals surface area contributed by atoms with Crippen LogP contribution >= 0.6 is 34.5 Å². The van der Waals surface area contributed by atoms with Gasteiger partial charge in [-0.2, -0.15) is 9.50 Å². The maximum absolute atomic E-state index is 12.5. The van der Waals surface area contributed by atoms with Crippen LogP contribution in [0.15, 0.2) is 53.3 Å². The SMILES string of the molecule is O=c1/c(=C\c2ccc(Cl)c(Cl)c2)sc2nc(/C=C/c3ccccc3)nn12. The Morgan fingerprint density at radius 3 is 2.50 bits per heavy atom. The van der Waals surface area contributed by atoms with E-state index in [1.54, 1.807) is 30.4 Å². The lowest BCUT2D eigenvalue weighted by molar-refractivity contribution is 0.925. The lowest BCUT2D eigenvalue weighted by atomic mass is 10.2. The van der Waals surface area contributed by atoms with Crippen molar-refractivity contribution in [1.29, 1.82) is 0 Å². The molecular formula is C19H11Cl2N3OS. The first-order valence-electron chi connectivity index (χ1n) is 7.70. The number of rotatable bonds is 3. The average Bonchev–Trinajstić information content (AvgIpc) is 3.17. The van der Waals surface area contributed by atoms with Crippen molar-refractivity contribution in [3.05, 3.63) is 90.4 Å². The fraction of sp³-hybridized carbons (Fsp3) is 0. The summed E-state index contributed by atoms with van der Waals surface area (Å²) in [4.78, 5) is 17.5. The smallest absolute Gasteiger partial charge is 0.266 e. The van der Waals surface area contributed by atoms with Gasteiger partial charge in [0.15, 0.2) is 5.82 Å². The van der Waals surface area contributed by atoms with E-state index in [0.717, 1.165) is 11.1 Å². The highest BCUT2D eigenvalue weighted by atomic mass is 35.5. The van der Waals surface area contributed by atoms with E-state index in [4.69, 9.17) is 23.2 Å². The summed E-state index contributed by atoms with van der Waals surface area (Å²) in [6, 6.07) is 15.1. The molecule has 0 bridgehead atoms. The van der Waals surface area contributed by atoms with Crippen molar-refractivity contribution in [3.63, 3.8) is 0 Å². The second-order valence-electron chi connectivity index (χ2n) is 5.50. The fourth-order valence-electron chi connectivity index (χ4n) is 2.41. The number of fused-ring (bicyclic) bond motifs is 1. The van der Waals surface area contributed by atoms with Crippen LogP contribution in [0, 0.1) is 0 Å². The number of aromatic nitrogens is 3. The number of thiazole rings is 1. The Balaban J connectivity index is 1.69. The Bertz CT molecular complexity index is 1230. The van der Waals surface area contributed by atoms with Gasteiger partial charge in [0.25, 0.3) is 5.56 Å². The van der Waals surface area contributed by atoms with E-state index in [-0.39, 0.29) is 5.56 Å². The van der Waals surface area contributed by atoms with Crippen LogP contribution in [0.2, 0.25) is 10.0 Å². The van der Waals surface area contributed by atoms with E-state index in [1.165, 1.54) is 15.9 Å². The maximum atomic E-state index is 12.5. The molecule has 0 fully saturated rings. The van der Waals surface area contributed by atoms with E-state index >= 15 is 0 Å². The zero-order chi connectivity index (χ0) is 18.1. The van der Waals surface area contributed by atoms with Crippen LogP contribution in [0.4, 0.5) is 0 Å². The van der Waals surface area contributed by atoms with E-state index in [9.17, 15) is 4.79 Å². The van der Waals surface area contributed by atoms with Crippen LogP contribution in [0.3, 0.4) is 0 Å². The molecule has 7 heteroatoms. The molecule has 2 heterocycles. The van der Waals surface area contributed by atoms with Gasteiger partial charge in [0, 0.05) is 0 Å². The van der Waals surface area contributed by atoms with Gasteiger partial charge in [-0.25, -0.2) is 0 Å². The van der Waals surface area contributed by atoms with Gasteiger partial charge in [0.05, 0.1) is 14.6 Å². The van der Waals surface area contributed by atoms with Gasteiger partial charge in [-0.05, 0) is 35.4 Å². The van der Waals surface area contributed by atoms with Gasteiger partial charge in [-0.3, -0.25) is 4.79 Å². The molecule has 4 nitrogen and oxygen atoms in total. The largest absolute Gasteiger partial charge is 0.291 e. The molecule has 0 aliphatic heterocycles. The zero-order valence-electron chi connectivity index (χ0n) is 13.3. The van der Waals surface area contributed by atoms with Crippen molar-refractivity contribution < 1.29 is 0 Å². The van der Waals surface area contributed by atoms with Crippen molar-refractivity contribution in [1.82, 2.24) is 14.6 Å². The molecule has 0 saturated heterocycles. The highest BCUT2D eigenvalue weighted by molar-refractivity contribution is 7.15. The Labute approximate surface area is 162 Å². The summed E-state index contributed by atoms with van der Waals surface area (Å²) in [5, 5.41) is 5.19. The average molecular weight is 400 g/mol. The van der Waals surface area contributed by atoms with Crippen molar-refractivity contribution >= 4 is 57.7 Å². The van der Waals surface area contributed by atoms with Crippen LogP contribution in [-0.2, 0) is 0 Å². The number of halogens is 2. The molecule has 2 aromatic heterocycles. The molecule has 128 valence electrons. The van der Waals surface area contributed by atoms with Crippen LogP contribution < -0.4 is 10.1 Å². The van der Waals surface area contributed by atoms with Gasteiger partial charge < -0.3 is 0 Å². The normalized spacial score (nSPS) is 12.5. The maximum Gasteiger partial charge on any atom is 0.291 e. The van der Waals surface area contributed by atoms with Crippen LogP contribution in [-0.4, -0.2) is 14.6 Å². The van der Waals surface area contributed by atoms with E-state index < -0.39 is 0 Å². The first-order valence-corrected chi connectivity index (χ1v) is 9.27. The highest BCUT2D eigenvalue weighted by Crippen LogP contribution is 2.22. The third kappa shape index (κ3) is 3.42. The van der Waals surface area contributed by atoms with Crippen molar-refractivity contribution in [2.75, 3.05) is 0 Å². The van der Waals surface area contributed by atoms with Gasteiger partial charge in [-0.1, -0.05) is 77.0 Å². The summed E-state index contributed by atoms with van der Waals surface area (Å²) >= 11 is 13.2. The minimum atomic E-state index is -0.206. The lowest BCUT2D eigenvalue weighted by Gasteiger charge is -1.96. The van der Waals surface area contributed by atoms with Gasteiger partial charge in [0.2, 0.25) is 4.96 Å². The summed E-state index contributed by atoms with van der Waals surface area (Å²) in [7, 11) is 0. The first kappa shape index (κ1) is 17.0. The quantitative estimate of drug-likeness (QED) is 0.519. The molecule has 0 N–H and O–H groups in total. The number of hydrogen-bond acceptors (Lipinski definition) is 4. The molecule has 0 saturated carbocycles. The molecule has 2 aromatic carbocycles. The summed E-state index contributed by atoms with van der Waals surface area (Å²) in [5.74, 6) is 0.498. The van der Waals surface area contributed by atoms with Crippen molar-refractivity contribution in [2.24, 2.45) is 0 Å². The molecule has 26 heavy (non-hydrogen) atoms. The van der Waals surface area contributed by atoms with Gasteiger partial charge in [0.1, 0.15) is 0 Å². The van der Waals surface area contributed by atoms with Crippen LogP contribution in [0.25, 0.3) is 23.2 Å². The molecule has 0 radical (unpaired) electrons. The van der Waals surface area contributed by atoms with Crippen molar-refractivity contribution in [3.8, 4) is 0 Å². The van der Waals surface area contributed by atoms with E-state index in [1.807, 2.05) is 36.4 Å². The Morgan fingerprint density at radius 2 is 1.77 bits per heavy atom. The third-order valence-corrected chi connectivity index (χ3v) is 5.36. The van der Waals surface area contributed by atoms with Gasteiger partial charge in [-0.15, -0.1) is 5.10 Å². The molecule has 0 atom stereocenters. The van der Waals surface area contributed by atoms with Gasteiger partial charge >= 0.3 is 0 Å². The van der Waals surface area contributed by atoms with E-state index in [2.05, 4.69) is 10.1 Å². The molecule has 4 rings (SSSR count). The van der Waals surface area contributed by atoms with Crippen LogP contribution in [0.5, 0.6) is 0 Å². The summed E-state index contributed by atoms with van der Waals surface area (Å²) < 4.78 is 1.86. The standard InChI is InChI=1S/C19H11Cl2N3OS/c20-14-8-6-13(10-15(14)21)11-16-18(25)24-19(26-16)22-17(23-24)9-7-12-4-2-1-3-5-12/h1-11H/b9-7+,16-11+. The molecule has 0 spiro atoms. The number of nitrogens with zero attached hydrogens (tertiary/aromatic N) is 3. The molecule has 4 aromatic rings. The number of hydrogen-bond donors (Lipinski definition) is 0.